The molecule has 160 valence electrons. The fourth-order valence-electron chi connectivity index (χ4n) is 4.31. The molecule has 2 aromatic carbocycles. The number of aromatic nitrogens is 3. The Morgan fingerprint density at radius 2 is 1.88 bits per heavy atom. The number of rotatable bonds is 5. The van der Waals surface area contributed by atoms with Gasteiger partial charge in [-0.2, -0.15) is 10.4 Å². The van der Waals surface area contributed by atoms with E-state index in [1.54, 1.807) is 10.9 Å². The van der Waals surface area contributed by atoms with Crippen molar-refractivity contribution in [1.82, 2.24) is 20.1 Å². The Labute approximate surface area is 186 Å². The Bertz CT molecular complexity index is 1290. The lowest BCUT2D eigenvalue weighted by atomic mass is 9.97. The van der Waals surface area contributed by atoms with Crippen LogP contribution in [0.1, 0.15) is 24.5 Å². The summed E-state index contributed by atoms with van der Waals surface area (Å²) in [6.07, 6.45) is 3.17. The minimum absolute atomic E-state index is 0.197. The zero-order valence-corrected chi connectivity index (χ0v) is 18.0. The molecule has 1 atom stereocenters. The van der Waals surface area contributed by atoms with Gasteiger partial charge in [0.25, 0.3) is 0 Å². The molecule has 0 amide bonds. The first-order chi connectivity index (χ1) is 15.6. The lowest BCUT2D eigenvalue weighted by molar-refractivity contribution is 0.158. The lowest BCUT2D eigenvalue weighted by Crippen LogP contribution is -2.32. The van der Waals surface area contributed by atoms with Crippen molar-refractivity contribution in [1.29, 1.82) is 5.26 Å². The number of pyridine rings is 1. The highest BCUT2D eigenvalue weighted by Gasteiger charge is 2.34. The van der Waals surface area contributed by atoms with Gasteiger partial charge in [-0.05, 0) is 48.7 Å². The van der Waals surface area contributed by atoms with E-state index in [2.05, 4.69) is 47.7 Å². The molecular formula is C26H24FN5. The summed E-state index contributed by atoms with van der Waals surface area (Å²) in [5.74, 6) is 0. The maximum atomic E-state index is 15.2. The zero-order chi connectivity index (χ0) is 22.1. The number of hydrogen-bond acceptors (Lipinski definition) is 4. The Kier molecular flexibility index (Phi) is 5.20. The lowest BCUT2D eigenvalue weighted by Gasteiger charge is -2.19. The van der Waals surface area contributed by atoms with Crippen LogP contribution in [-0.2, 0) is 13.0 Å². The molecule has 0 saturated carbocycles. The first-order valence-corrected chi connectivity index (χ1v) is 10.9. The van der Waals surface area contributed by atoms with Gasteiger partial charge >= 0.3 is 0 Å². The fourth-order valence-corrected chi connectivity index (χ4v) is 4.31. The highest BCUT2D eigenvalue weighted by atomic mass is 19.1. The summed E-state index contributed by atoms with van der Waals surface area (Å²) in [4.78, 5) is 4.95. The number of nitrogens with zero attached hydrogens (tertiary/aromatic N) is 4. The highest BCUT2D eigenvalue weighted by molar-refractivity contribution is 5.90. The van der Waals surface area contributed by atoms with E-state index < -0.39 is 5.67 Å². The highest BCUT2D eigenvalue weighted by Crippen LogP contribution is 2.34. The van der Waals surface area contributed by atoms with Crippen LogP contribution in [0.15, 0.2) is 60.8 Å². The SMILES string of the molecule is CCc1ccc(-c2nc3cnn(CC4(F)CCNC4)c3cc2-c2ccc(C#N)cc2)cc1. The van der Waals surface area contributed by atoms with Gasteiger partial charge in [-0.25, -0.2) is 9.37 Å². The molecule has 5 nitrogen and oxygen atoms in total. The maximum absolute atomic E-state index is 15.2. The monoisotopic (exact) mass is 425 g/mol. The summed E-state index contributed by atoms with van der Waals surface area (Å²) in [5.41, 5.74) is 5.87. The molecule has 1 aliphatic heterocycles. The third-order valence-electron chi connectivity index (χ3n) is 6.21. The molecule has 1 saturated heterocycles. The largest absolute Gasteiger partial charge is 0.313 e. The van der Waals surface area contributed by atoms with Gasteiger partial charge in [-0.1, -0.05) is 43.3 Å². The molecule has 3 heterocycles. The van der Waals surface area contributed by atoms with Gasteiger partial charge in [0.1, 0.15) is 11.2 Å². The van der Waals surface area contributed by atoms with Crippen LogP contribution in [0.2, 0.25) is 0 Å². The van der Waals surface area contributed by atoms with Gasteiger partial charge in [0, 0.05) is 17.7 Å². The van der Waals surface area contributed by atoms with Crippen LogP contribution in [0, 0.1) is 11.3 Å². The Balaban J connectivity index is 1.66. The van der Waals surface area contributed by atoms with Gasteiger partial charge in [0.2, 0.25) is 0 Å². The summed E-state index contributed by atoms with van der Waals surface area (Å²) in [6.45, 7) is 3.35. The normalized spacial score (nSPS) is 18.2. The van der Waals surface area contributed by atoms with Crippen molar-refractivity contribution in [3.63, 3.8) is 0 Å². The summed E-state index contributed by atoms with van der Waals surface area (Å²) >= 11 is 0. The van der Waals surface area contributed by atoms with E-state index in [1.165, 1.54) is 5.56 Å². The Morgan fingerprint density at radius 3 is 2.53 bits per heavy atom. The Morgan fingerprint density at radius 1 is 1.12 bits per heavy atom. The van der Waals surface area contributed by atoms with E-state index in [-0.39, 0.29) is 6.54 Å². The summed E-state index contributed by atoms with van der Waals surface area (Å²) in [5, 5.41) is 16.8. The van der Waals surface area contributed by atoms with Crippen LogP contribution >= 0.6 is 0 Å². The van der Waals surface area contributed by atoms with E-state index in [1.807, 2.05) is 30.3 Å². The average molecular weight is 426 g/mol. The van der Waals surface area contributed by atoms with Gasteiger partial charge in [-0.15, -0.1) is 0 Å². The van der Waals surface area contributed by atoms with Gasteiger partial charge in [0.15, 0.2) is 0 Å². The van der Waals surface area contributed by atoms with Crippen molar-refractivity contribution >= 4 is 11.0 Å². The first kappa shape index (κ1) is 20.3. The quantitative estimate of drug-likeness (QED) is 0.494. The second kappa shape index (κ2) is 8.18. The predicted octanol–water partition coefficient (Wildman–Crippen LogP) is 4.90. The molecule has 6 heteroatoms. The van der Waals surface area contributed by atoms with E-state index >= 15 is 4.39 Å². The van der Waals surface area contributed by atoms with Crippen molar-refractivity contribution in [2.75, 3.05) is 13.1 Å². The second-order valence-corrected chi connectivity index (χ2v) is 8.41. The molecule has 5 rings (SSSR count). The van der Waals surface area contributed by atoms with Crippen molar-refractivity contribution in [3.8, 4) is 28.5 Å². The summed E-state index contributed by atoms with van der Waals surface area (Å²) < 4.78 is 16.9. The number of alkyl halides is 1. The van der Waals surface area contributed by atoms with Gasteiger partial charge < -0.3 is 5.32 Å². The van der Waals surface area contributed by atoms with Crippen LogP contribution in [0.4, 0.5) is 4.39 Å². The van der Waals surface area contributed by atoms with Crippen LogP contribution < -0.4 is 5.32 Å². The average Bonchev–Trinajstić information content (AvgIpc) is 3.44. The van der Waals surface area contributed by atoms with Crippen molar-refractivity contribution < 1.29 is 4.39 Å². The molecule has 0 spiro atoms. The number of halogens is 1. The van der Waals surface area contributed by atoms with Crippen molar-refractivity contribution in [2.24, 2.45) is 0 Å². The number of aryl methyl sites for hydroxylation is 1. The number of nitrogens with one attached hydrogen (secondary N) is 1. The minimum atomic E-state index is -1.30. The molecule has 0 bridgehead atoms. The second-order valence-electron chi connectivity index (χ2n) is 8.41. The van der Waals surface area contributed by atoms with Gasteiger partial charge in [-0.3, -0.25) is 4.68 Å². The molecule has 1 aliphatic rings. The molecule has 1 N–H and O–H groups in total. The van der Waals surface area contributed by atoms with E-state index in [9.17, 15) is 5.26 Å². The topological polar surface area (TPSA) is 66.5 Å². The number of fused-ring (bicyclic) bond motifs is 1. The predicted molar refractivity (Wildman–Crippen MR) is 124 cm³/mol. The fraction of sp³-hybridized carbons (Fsp3) is 0.269. The van der Waals surface area contributed by atoms with Gasteiger partial charge in [0.05, 0.1) is 35.6 Å². The summed E-state index contributed by atoms with van der Waals surface area (Å²) in [6, 6.07) is 20.1. The molecule has 32 heavy (non-hydrogen) atoms. The summed E-state index contributed by atoms with van der Waals surface area (Å²) in [7, 11) is 0. The number of nitriles is 1. The van der Waals surface area contributed by atoms with Crippen LogP contribution in [0.5, 0.6) is 0 Å². The maximum Gasteiger partial charge on any atom is 0.144 e. The third kappa shape index (κ3) is 3.76. The van der Waals surface area contributed by atoms with Crippen LogP contribution in [-0.4, -0.2) is 33.5 Å². The van der Waals surface area contributed by atoms with Crippen LogP contribution in [0.3, 0.4) is 0 Å². The molecular weight excluding hydrogens is 401 g/mol. The van der Waals surface area contributed by atoms with Crippen molar-refractivity contribution in [2.45, 2.75) is 32.0 Å². The van der Waals surface area contributed by atoms with Crippen molar-refractivity contribution in [3.05, 3.63) is 71.9 Å². The molecule has 1 unspecified atom stereocenters. The first-order valence-electron chi connectivity index (χ1n) is 10.9. The molecule has 1 fully saturated rings. The molecule has 4 aromatic rings. The number of hydrogen-bond donors (Lipinski definition) is 1. The van der Waals surface area contributed by atoms with E-state index in [0.29, 0.717) is 25.1 Å². The standard InChI is InChI=1S/C26H24FN5/c1-2-18-3-9-21(10-4-18)25-22(20-7-5-19(14-28)6-8-20)13-24-23(31-25)15-30-32(24)17-26(27)11-12-29-16-26/h3-10,13,15,29H,2,11-12,16-17H2,1H3. The third-order valence-corrected chi connectivity index (χ3v) is 6.21. The number of benzene rings is 2. The van der Waals surface area contributed by atoms with E-state index in [4.69, 9.17) is 4.98 Å². The Hall–Kier alpha value is -3.56. The molecule has 0 radical (unpaired) electrons. The van der Waals surface area contributed by atoms with Crippen LogP contribution in [0.25, 0.3) is 33.4 Å². The van der Waals surface area contributed by atoms with E-state index in [0.717, 1.165) is 39.8 Å². The zero-order valence-electron chi connectivity index (χ0n) is 18.0. The smallest absolute Gasteiger partial charge is 0.144 e. The molecule has 2 aromatic heterocycles. The molecule has 0 aliphatic carbocycles. The minimum Gasteiger partial charge on any atom is -0.313 e.